The first-order valence-corrected chi connectivity index (χ1v) is 8.91. The molecule has 2 rings (SSSR count). The molecule has 1 amide bonds. The molecule has 0 spiro atoms. The van der Waals surface area contributed by atoms with E-state index in [1.807, 2.05) is 37.3 Å². The first-order valence-electron chi connectivity index (χ1n) is 8.09. The number of rotatable bonds is 6. The average Bonchev–Trinajstić information content (AvgIpc) is 3.01. The highest BCUT2D eigenvalue weighted by Crippen LogP contribution is 2.26. The van der Waals surface area contributed by atoms with E-state index in [9.17, 15) is 9.59 Å². The number of aryl methyl sites for hydroxylation is 1. The summed E-state index contributed by atoms with van der Waals surface area (Å²) in [6.07, 6.45) is 0.125. The quantitative estimate of drug-likeness (QED) is 0.768. The van der Waals surface area contributed by atoms with Gasteiger partial charge in [0.1, 0.15) is 4.88 Å². The molecular weight excluding hydrogens is 322 g/mol. The molecule has 4 nitrogen and oxygen atoms in total. The van der Waals surface area contributed by atoms with Crippen LogP contribution < -0.4 is 5.32 Å². The van der Waals surface area contributed by atoms with Gasteiger partial charge in [0.15, 0.2) is 6.10 Å². The van der Waals surface area contributed by atoms with E-state index in [4.69, 9.17) is 4.74 Å². The Morgan fingerprint density at radius 2 is 1.88 bits per heavy atom. The van der Waals surface area contributed by atoms with Crippen LogP contribution in [0, 0.1) is 6.92 Å². The van der Waals surface area contributed by atoms with Crippen LogP contribution in [-0.2, 0) is 9.53 Å². The van der Waals surface area contributed by atoms with Gasteiger partial charge in [-0.3, -0.25) is 4.79 Å². The number of ether oxygens (including phenoxy) is 1. The lowest BCUT2D eigenvalue weighted by molar-refractivity contribution is -0.123. The van der Waals surface area contributed by atoms with Crippen LogP contribution in [0.5, 0.6) is 0 Å². The number of carbonyl (C=O) groups is 2. The summed E-state index contributed by atoms with van der Waals surface area (Å²) >= 11 is 1.36. The summed E-state index contributed by atoms with van der Waals surface area (Å²) in [5, 5.41) is 2.87. The molecule has 0 bridgehead atoms. The van der Waals surface area contributed by atoms with Crippen molar-refractivity contribution in [1.82, 2.24) is 0 Å². The summed E-state index contributed by atoms with van der Waals surface area (Å²) in [6, 6.07) is 11.3. The van der Waals surface area contributed by atoms with Crippen molar-refractivity contribution in [2.45, 2.75) is 46.1 Å². The van der Waals surface area contributed by atoms with E-state index in [-0.39, 0.29) is 5.91 Å². The lowest BCUT2D eigenvalue weighted by atomic mass is 9.97. The molecule has 5 heteroatoms. The monoisotopic (exact) mass is 345 g/mol. The van der Waals surface area contributed by atoms with Crippen LogP contribution in [0.1, 0.15) is 53.2 Å². The summed E-state index contributed by atoms with van der Waals surface area (Å²) in [4.78, 5) is 26.0. The van der Waals surface area contributed by atoms with Crippen LogP contribution in [0.15, 0.2) is 36.4 Å². The maximum atomic E-state index is 12.4. The Kier molecular flexibility index (Phi) is 6.15. The fraction of sp³-hybridized carbons (Fsp3) is 0.368. The number of esters is 1. The minimum absolute atomic E-state index is 0.326. The second-order valence-corrected chi connectivity index (χ2v) is 7.13. The van der Waals surface area contributed by atoms with Gasteiger partial charge in [-0.1, -0.05) is 32.0 Å². The third-order valence-corrected chi connectivity index (χ3v) is 4.94. The number of nitrogens with one attached hydrogen (secondary N) is 1. The molecule has 0 fully saturated rings. The maximum Gasteiger partial charge on any atom is 0.349 e. The normalized spacial score (nSPS) is 13.2. The molecule has 0 aliphatic rings. The molecule has 0 saturated heterocycles. The molecule has 1 heterocycles. The molecule has 0 unspecified atom stereocenters. The zero-order valence-electron chi connectivity index (χ0n) is 14.5. The zero-order valence-corrected chi connectivity index (χ0v) is 15.3. The van der Waals surface area contributed by atoms with Crippen LogP contribution >= 0.6 is 11.3 Å². The van der Waals surface area contributed by atoms with Gasteiger partial charge < -0.3 is 10.1 Å². The molecule has 0 aliphatic carbocycles. The van der Waals surface area contributed by atoms with Gasteiger partial charge in [-0.05, 0) is 49.9 Å². The SMILES string of the molecule is CC[C@@H](C)c1ccccc1NC(=O)[C@H](C)OC(=O)c1ccc(C)s1. The summed E-state index contributed by atoms with van der Waals surface area (Å²) in [5.41, 5.74) is 1.85. The van der Waals surface area contributed by atoms with Gasteiger partial charge in [0, 0.05) is 10.6 Å². The smallest absolute Gasteiger partial charge is 0.349 e. The number of anilines is 1. The molecule has 128 valence electrons. The van der Waals surface area contributed by atoms with Crippen LogP contribution in [0.4, 0.5) is 5.69 Å². The summed E-state index contributed by atoms with van der Waals surface area (Å²) in [7, 11) is 0. The van der Waals surface area contributed by atoms with Gasteiger partial charge in [0.05, 0.1) is 0 Å². The Morgan fingerprint density at radius 3 is 2.50 bits per heavy atom. The molecule has 2 aromatic rings. The van der Waals surface area contributed by atoms with Crippen LogP contribution in [0.2, 0.25) is 0 Å². The third-order valence-electron chi connectivity index (χ3n) is 3.96. The van der Waals surface area contributed by atoms with Crippen molar-refractivity contribution in [1.29, 1.82) is 0 Å². The number of benzene rings is 1. The van der Waals surface area contributed by atoms with Crippen LogP contribution in [0.3, 0.4) is 0 Å². The van der Waals surface area contributed by atoms with Gasteiger partial charge in [0.2, 0.25) is 0 Å². The summed E-state index contributed by atoms with van der Waals surface area (Å²) < 4.78 is 5.27. The molecule has 1 aromatic carbocycles. The largest absolute Gasteiger partial charge is 0.448 e. The van der Waals surface area contributed by atoms with E-state index in [0.29, 0.717) is 10.8 Å². The number of amides is 1. The molecule has 1 aromatic heterocycles. The van der Waals surface area contributed by atoms with Crippen LogP contribution in [0.25, 0.3) is 0 Å². The molecule has 0 radical (unpaired) electrons. The summed E-state index contributed by atoms with van der Waals surface area (Å²) in [5.74, 6) is -0.452. The average molecular weight is 345 g/mol. The second-order valence-electron chi connectivity index (χ2n) is 5.84. The lowest BCUT2D eigenvalue weighted by Crippen LogP contribution is -2.30. The van der Waals surface area contributed by atoms with Crippen molar-refractivity contribution in [3.8, 4) is 0 Å². The number of carbonyl (C=O) groups excluding carboxylic acids is 2. The van der Waals surface area contributed by atoms with Gasteiger partial charge >= 0.3 is 5.97 Å². The Labute approximate surface area is 146 Å². The zero-order chi connectivity index (χ0) is 17.7. The Balaban J connectivity index is 2.03. The van der Waals surface area contributed by atoms with Crippen molar-refractivity contribution >= 4 is 28.9 Å². The minimum Gasteiger partial charge on any atom is -0.448 e. The topological polar surface area (TPSA) is 55.4 Å². The van der Waals surface area contributed by atoms with Crippen molar-refractivity contribution in [3.05, 3.63) is 51.7 Å². The maximum absolute atomic E-state index is 12.4. The Bertz CT molecular complexity index is 723. The first kappa shape index (κ1) is 18.2. The highest BCUT2D eigenvalue weighted by atomic mass is 32.1. The van der Waals surface area contributed by atoms with Crippen molar-refractivity contribution in [2.24, 2.45) is 0 Å². The van der Waals surface area contributed by atoms with Gasteiger partial charge in [-0.25, -0.2) is 4.79 Å². The van der Waals surface area contributed by atoms with E-state index < -0.39 is 12.1 Å². The highest BCUT2D eigenvalue weighted by Gasteiger charge is 2.21. The standard InChI is InChI=1S/C19H23NO3S/c1-5-12(2)15-8-6-7-9-16(15)20-18(21)14(4)23-19(22)17-11-10-13(3)24-17/h6-12,14H,5H2,1-4H3,(H,20,21)/t12-,14+/m1/s1. The number of para-hydroxylation sites is 1. The fourth-order valence-corrected chi connectivity index (χ4v) is 3.06. The third kappa shape index (κ3) is 4.45. The van der Waals surface area contributed by atoms with E-state index in [2.05, 4.69) is 19.2 Å². The molecule has 0 saturated carbocycles. The fourth-order valence-electron chi connectivity index (χ4n) is 2.31. The summed E-state index contributed by atoms with van der Waals surface area (Å²) in [6.45, 7) is 7.73. The van der Waals surface area contributed by atoms with E-state index in [1.165, 1.54) is 11.3 Å². The Hall–Kier alpha value is -2.14. The Morgan fingerprint density at radius 1 is 1.17 bits per heavy atom. The van der Waals surface area contributed by atoms with Gasteiger partial charge in [-0.15, -0.1) is 11.3 Å². The number of hydrogen-bond acceptors (Lipinski definition) is 4. The van der Waals surface area contributed by atoms with Crippen molar-refractivity contribution < 1.29 is 14.3 Å². The number of hydrogen-bond donors (Lipinski definition) is 1. The molecule has 0 aliphatic heterocycles. The lowest BCUT2D eigenvalue weighted by Gasteiger charge is -2.18. The predicted octanol–water partition coefficient (Wildman–Crippen LogP) is 4.75. The first-order chi connectivity index (χ1) is 11.4. The van der Waals surface area contributed by atoms with E-state index in [0.717, 1.165) is 22.5 Å². The molecular formula is C19H23NO3S. The van der Waals surface area contributed by atoms with Gasteiger partial charge in [-0.2, -0.15) is 0 Å². The molecule has 24 heavy (non-hydrogen) atoms. The van der Waals surface area contributed by atoms with E-state index in [1.54, 1.807) is 13.0 Å². The minimum atomic E-state index is -0.857. The van der Waals surface area contributed by atoms with Crippen LogP contribution in [-0.4, -0.2) is 18.0 Å². The van der Waals surface area contributed by atoms with Gasteiger partial charge in [0.25, 0.3) is 5.91 Å². The van der Waals surface area contributed by atoms with Crippen molar-refractivity contribution in [2.75, 3.05) is 5.32 Å². The molecule has 1 N–H and O–H groups in total. The van der Waals surface area contributed by atoms with Crippen molar-refractivity contribution in [3.63, 3.8) is 0 Å². The number of thiophene rings is 1. The highest BCUT2D eigenvalue weighted by molar-refractivity contribution is 7.13. The molecule has 2 atom stereocenters. The second kappa shape index (κ2) is 8.11. The van der Waals surface area contributed by atoms with E-state index >= 15 is 0 Å². The predicted molar refractivity (Wildman–Crippen MR) is 97.7 cm³/mol.